The molecule has 1 aromatic rings. The highest BCUT2D eigenvalue weighted by molar-refractivity contribution is 5.89. The van der Waals surface area contributed by atoms with Gasteiger partial charge in [0.05, 0.1) is 5.69 Å². The average Bonchev–Trinajstić information content (AvgIpc) is 3.09. The van der Waals surface area contributed by atoms with Crippen molar-refractivity contribution in [1.29, 1.82) is 0 Å². The number of nitrogens with zero attached hydrogens (tertiary/aromatic N) is 1. The quantitative estimate of drug-likeness (QED) is 0.792. The van der Waals surface area contributed by atoms with Gasteiger partial charge in [-0.05, 0) is 43.9 Å². The van der Waals surface area contributed by atoms with Crippen LogP contribution >= 0.6 is 0 Å². The molecule has 1 saturated carbocycles. The maximum atomic E-state index is 14.3. The van der Waals surface area contributed by atoms with E-state index in [1.54, 1.807) is 12.1 Å². The Balaban J connectivity index is 1.58. The first-order valence-electron chi connectivity index (χ1n) is 8.90. The Morgan fingerprint density at radius 3 is 2.67 bits per heavy atom. The van der Waals surface area contributed by atoms with Crippen molar-refractivity contribution in [3.63, 3.8) is 0 Å². The molecular formula is C18H26FN3O2. The molecule has 1 aliphatic heterocycles. The third kappa shape index (κ3) is 3.98. The summed E-state index contributed by atoms with van der Waals surface area (Å²) >= 11 is 0. The number of carbonyl (C=O) groups is 1. The summed E-state index contributed by atoms with van der Waals surface area (Å²) in [6, 6.07) is 4.48. The standard InChI is InChI=1S/C18H26FN3O2/c19-15-11-14(7-8-17(15)22-9-3-4-10-22)20-18(24)21-16-6-2-1-5-13(16)12-23/h7-8,11,13,16,23H,1-6,9-10,12H2,(H2,20,21,24). The molecular weight excluding hydrogens is 309 g/mol. The van der Waals surface area contributed by atoms with Gasteiger partial charge in [-0.2, -0.15) is 0 Å². The van der Waals surface area contributed by atoms with Gasteiger partial charge >= 0.3 is 6.03 Å². The molecule has 1 heterocycles. The fraction of sp³-hybridized carbons (Fsp3) is 0.611. The van der Waals surface area contributed by atoms with Crippen LogP contribution in [0.15, 0.2) is 18.2 Å². The summed E-state index contributed by atoms with van der Waals surface area (Å²) in [5.41, 5.74) is 1.05. The Labute approximate surface area is 142 Å². The summed E-state index contributed by atoms with van der Waals surface area (Å²) in [5.74, 6) is -0.195. The second-order valence-electron chi connectivity index (χ2n) is 6.79. The summed E-state index contributed by atoms with van der Waals surface area (Å²) in [5, 5.41) is 15.0. The lowest BCUT2D eigenvalue weighted by Crippen LogP contribution is -2.45. The van der Waals surface area contributed by atoms with Crippen molar-refractivity contribution < 1.29 is 14.3 Å². The van der Waals surface area contributed by atoms with Gasteiger partial charge in [-0.3, -0.25) is 0 Å². The van der Waals surface area contributed by atoms with Gasteiger partial charge in [0.15, 0.2) is 0 Å². The fourth-order valence-corrected chi connectivity index (χ4v) is 3.75. The van der Waals surface area contributed by atoms with E-state index in [-0.39, 0.29) is 30.4 Å². The van der Waals surface area contributed by atoms with Crippen molar-refractivity contribution in [2.45, 2.75) is 44.6 Å². The van der Waals surface area contributed by atoms with Crippen LogP contribution in [0.2, 0.25) is 0 Å². The van der Waals surface area contributed by atoms with Gasteiger partial charge in [0.2, 0.25) is 0 Å². The Bertz CT molecular complexity index is 575. The largest absolute Gasteiger partial charge is 0.396 e. The maximum Gasteiger partial charge on any atom is 0.319 e. The summed E-state index contributed by atoms with van der Waals surface area (Å²) in [6.45, 7) is 1.85. The number of carbonyl (C=O) groups excluding carboxylic acids is 1. The molecule has 6 heteroatoms. The molecule has 2 aliphatic rings. The predicted octanol–water partition coefficient (Wildman–Crippen LogP) is 3.10. The van der Waals surface area contributed by atoms with Crippen LogP contribution in [-0.4, -0.2) is 36.9 Å². The lowest BCUT2D eigenvalue weighted by molar-refractivity contribution is 0.156. The summed E-state index contributed by atoms with van der Waals surface area (Å²) < 4.78 is 14.3. The predicted molar refractivity (Wildman–Crippen MR) is 92.8 cm³/mol. The van der Waals surface area contributed by atoms with Crippen molar-refractivity contribution >= 4 is 17.4 Å². The lowest BCUT2D eigenvalue weighted by atomic mass is 9.85. The lowest BCUT2D eigenvalue weighted by Gasteiger charge is -2.30. The van der Waals surface area contributed by atoms with E-state index in [1.807, 2.05) is 4.90 Å². The van der Waals surface area contributed by atoms with Gasteiger partial charge in [0.1, 0.15) is 5.82 Å². The van der Waals surface area contributed by atoms with Crippen LogP contribution in [0, 0.1) is 11.7 Å². The minimum Gasteiger partial charge on any atom is -0.396 e. The van der Waals surface area contributed by atoms with Gasteiger partial charge < -0.3 is 20.6 Å². The highest BCUT2D eigenvalue weighted by Crippen LogP contribution is 2.27. The SMILES string of the molecule is O=C(Nc1ccc(N2CCCC2)c(F)c1)NC1CCCCC1CO. The second-order valence-corrected chi connectivity index (χ2v) is 6.79. The molecule has 132 valence electrons. The number of hydrogen-bond acceptors (Lipinski definition) is 3. The van der Waals surface area contributed by atoms with Crippen molar-refractivity contribution in [1.82, 2.24) is 5.32 Å². The van der Waals surface area contributed by atoms with Crippen molar-refractivity contribution in [3.8, 4) is 0 Å². The van der Waals surface area contributed by atoms with E-state index >= 15 is 0 Å². The molecule has 24 heavy (non-hydrogen) atoms. The first-order valence-corrected chi connectivity index (χ1v) is 8.90. The maximum absolute atomic E-state index is 14.3. The number of halogens is 1. The van der Waals surface area contributed by atoms with Crippen molar-refractivity contribution in [2.75, 3.05) is 29.9 Å². The van der Waals surface area contributed by atoms with Crippen LogP contribution in [0.3, 0.4) is 0 Å². The molecule has 3 rings (SSSR count). The number of rotatable bonds is 4. The molecule has 1 aromatic carbocycles. The highest BCUT2D eigenvalue weighted by atomic mass is 19.1. The zero-order valence-corrected chi connectivity index (χ0v) is 13.9. The monoisotopic (exact) mass is 335 g/mol. The van der Waals surface area contributed by atoms with Crippen LogP contribution < -0.4 is 15.5 Å². The van der Waals surface area contributed by atoms with Gasteiger partial charge in [0, 0.05) is 37.3 Å². The van der Waals surface area contributed by atoms with Crippen LogP contribution in [0.25, 0.3) is 0 Å². The van der Waals surface area contributed by atoms with Crippen LogP contribution in [0.5, 0.6) is 0 Å². The molecule has 2 unspecified atom stereocenters. The van der Waals surface area contributed by atoms with Crippen molar-refractivity contribution in [3.05, 3.63) is 24.0 Å². The zero-order chi connectivity index (χ0) is 16.9. The number of urea groups is 1. The van der Waals surface area contributed by atoms with Gasteiger partial charge in [-0.15, -0.1) is 0 Å². The molecule has 0 spiro atoms. The van der Waals surface area contributed by atoms with Gasteiger partial charge in [-0.1, -0.05) is 12.8 Å². The van der Waals surface area contributed by atoms with Crippen LogP contribution in [-0.2, 0) is 0 Å². The second kappa shape index (κ2) is 7.83. The van der Waals surface area contributed by atoms with Crippen LogP contribution in [0.4, 0.5) is 20.6 Å². The van der Waals surface area contributed by atoms with E-state index in [0.29, 0.717) is 11.4 Å². The summed E-state index contributed by atoms with van der Waals surface area (Å²) in [4.78, 5) is 14.2. The third-order valence-electron chi connectivity index (χ3n) is 5.11. The molecule has 0 bridgehead atoms. The average molecular weight is 335 g/mol. The van der Waals surface area contributed by atoms with Crippen molar-refractivity contribution in [2.24, 2.45) is 5.92 Å². The summed E-state index contributed by atoms with van der Waals surface area (Å²) in [7, 11) is 0. The minimum atomic E-state index is -0.339. The van der Waals surface area contributed by atoms with E-state index in [2.05, 4.69) is 10.6 Å². The first-order chi connectivity index (χ1) is 11.7. The molecule has 1 aliphatic carbocycles. The molecule has 0 aromatic heterocycles. The number of aliphatic hydroxyl groups is 1. The van der Waals surface area contributed by atoms with Crippen LogP contribution in [0.1, 0.15) is 38.5 Å². The van der Waals surface area contributed by atoms with E-state index in [1.165, 1.54) is 6.07 Å². The minimum absolute atomic E-state index is 0.0162. The summed E-state index contributed by atoms with van der Waals surface area (Å²) in [6.07, 6.45) is 6.14. The van der Waals surface area contributed by atoms with E-state index < -0.39 is 0 Å². The van der Waals surface area contributed by atoms with E-state index in [4.69, 9.17) is 0 Å². The number of nitrogens with one attached hydrogen (secondary N) is 2. The number of aliphatic hydroxyl groups excluding tert-OH is 1. The Morgan fingerprint density at radius 1 is 1.21 bits per heavy atom. The smallest absolute Gasteiger partial charge is 0.319 e. The Hall–Kier alpha value is -1.82. The zero-order valence-electron chi connectivity index (χ0n) is 13.9. The van der Waals surface area contributed by atoms with Gasteiger partial charge in [0.25, 0.3) is 0 Å². The number of anilines is 2. The Morgan fingerprint density at radius 2 is 1.96 bits per heavy atom. The molecule has 2 atom stereocenters. The first kappa shape index (κ1) is 17.0. The molecule has 3 N–H and O–H groups in total. The van der Waals surface area contributed by atoms with Gasteiger partial charge in [-0.25, -0.2) is 9.18 Å². The molecule has 2 fully saturated rings. The molecule has 0 radical (unpaired) electrons. The topological polar surface area (TPSA) is 64.6 Å². The number of benzene rings is 1. The number of amides is 2. The Kier molecular flexibility index (Phi) is 5.56. The highest BCUT2D eigenvalue weighted by Gasteiger charge is 2.26. The normalized spacial score (nSPS) is 24.0. The third-order valence-corrected chi connectivity index (χ3v) is 5.11. The fourth-order valence-electron chi connectivity index (χ4n) is 3.75. The molecule has 1 saturated heterocycles. The number of hydrogen-bond donors (Lipinski definition) is 3. The van der Waals surface area contributed by atoms with E-state index in [0.717, 1.165) is 51.6 Å². The molecule has 5 nitrogen and oxygen atoms in total. The van der Waals surface area contributed by atoms with E-state index in [9.17, 15) is 14.3 Å². The molecule has 2 amide bonds.